The highest BCUT2D eigenvalue weighted by molar-refractivity contribution is 5.79. The van der Waals surface area contributed by atoms with Gasteiger partial charge in [-0.2, -0.15) is 0 Å². The molecule has 0 radical (unpaired) electrons. The molecule has 0 saturated heterocycles. The fourth-order valence-corrected chi connectivity index (χ4v) is 2.33. The summed E-state index contributed by atoms with van der Waals surface area (Å²) in [5.74, 6) is 0.815. The lowest BCUT2D eigenvalue weighted by Gasteiger charge is -2.22. The van der Waals surface area contributed by atoms with Crippen LogP contribution in [0.1, 0.15) is 30.9 Å². The highest BCUT2D eigenvalue weighted by Crippen LogP contribution is 2.16. The molecule has 1 aromatic rings. The quantitative estimate of drug-likeness (QED) is 0.597. The zero-order chi connectivity index (χ0) is 11.4. The molecule has 0 fully saturated rings. The Morgan fingerprint density at radius 1 is 1.19 bits per heavy atom. The largest absolute Gasteiger partial charge is 0.360 e. The zero-order valence-electron chi connectivity index (χ0n) is 10.00. The van der Waals surface area contributed by atoms with Gasteiger partial charge in [0.15, 0.2) is 0 Å². The van der Waals surface area contributed by atoms with Gasteiger partial charge in [-0.3, -0.25) is 5.41 Å². The van der Waals surface area contributed by atoms with Gasteiger partial charge in [0.25, 0.3) is 0 Å². The summed E-state index contributed by atoms with van der Waals surface area (Å²) >= 11 is 0. The third-order valence-electron chi connectivity index (χ3n) is 3.29. The minimum atomic E-state index is 0.815. The Hall–Kier alpha value is -1.31. The van der Waals surface area contributed by atoms with Crippen molar-refractivity contribution in [3.63, 3.8) is 0 Å². The molecule has 2 nitrogen and oxygen atoms in total. The van der Waals surface area contributed by atoms with Gasteiger partial charge >= 0.3 is 0 Å². The second kappa shape index (κ2) is 5.15. The third kappa shape index (κ3) is 2.43. The van der Waals surface area contributed by atoms with E-state index in [4.69, 9.17) is 5.41 Å². The Morgan fingerprint density at radius 3 is 2.25 bits per heavy atom. The Labute approximate surface area is 97.8 Å². The van der Waals surface area contributed by atoms with Gasteiger partial charge in [0, 0.05) is 19.5 Å². The van der Waals surface area contributed by atoms with Crippen LogP contribution in [0.5, 0.6) is 0 Å². The predicted octanol–water partition coefficient (Wildman–Crippen LogP) is 2.86. The summed E-state index contributed by atoms with van der Waals surface area (Å²) in [6.45, 7) is 4.16. The molecule has 2 heteroatoms. The van der Waals surface area contributed by atoms with Crippen LogP contribution in [0.25, 0.3) is 0 Å². The van der Waals surface area contributed by atoms with Crippen LogP contribution in [-0.4, -0.2) is 23.8 Å². The van der Waals surface area contributed by atoms with Crippen molar-refractivity contribution < 1.29 is 0 Å². The minimum absolute atomic E-state index is 0.815. The number of hydrogen-bond donors (Lipinski definition) is 1. The molecule has 0 aliphatic carbocycles. The number of amidine groups is 1. The van der Waals surface area contributed by atoms with Crippen LogP contribution in [0.2, 0.25) is 0 Å². The van der Waals surface area contributed by atoms with Crippen molar-refractivity contribution in [1.82, 2.24) is 4.90 Å². The molecule has 16 heavy (non-hydrogen) atoms. The van der Waals surface area contributed by atoms with Crippen molar-refractivity contribution >= 4 is 5.84 Å². The molecule has 2 rings (SSSR count). The maximum atomic E-state index is 8.01. The van der Waals surface area contributed by atoms with Gasteiger partial charge in [-0.1, -0.05) is 31.2 Å². The highest BCUT2D eigenvalue weighted by Gasteiger charge is 2.14. The molecule has 86 valence electrons. The fourth-order valence-electron chi connectivity index (χ4n) is 2.33. The van der Waals surface area contributed by atoms with Crippen molar-refractivity contribution in [2.24, 2.45) is 0 Å². The van der Waals surface area contributed by atoms with Crippen LogP contribution in [0.15, 0.2) is 24.3 Å². The molecule has 1 aromatic carbocycles. The summed E-state index contributed by atoms with van der Waals surface area (Å²) in [5.41, 5.74) is 2.93. The van der Waals surface area contributed by atoms with Gasteiger partial charge < -0.3 is 4.90 Å². The van der Waals surface area contributed by atoms with Gasteiger partial charge in [-0.15, -0.1) is 0 Å². The molecule has 0 bridgehead atoms. The Morgan fingerprint density at radius 2 is 1.75 bits per heavy atom. The first-order valence-corrected chi connectivity index (χ1v) is 6.20. The van der Waals surface area contributed by atoms with Crippen LogP contribution in [-0.2, 0) is 12.8 Å². The van der Waals surface area contributed by atoms with Crippen molar-refractivity contribution in [1.29, 1.82) is 5.41 Å². The van der Waals surface area contributed by atoms with E-state index >= 15 is 0 Å². The normalized spacial score (nSPS) is 15.4. The molecule has 1 aliphatic heterocycles. The first kappa shape index (κ1) is 11.2. The van der Waals surface area contributed by atoms with Crippen LogP contribution >= 0.6 is 0 Å². The lowest BCUT2D eigenvalue weighted by atomic mass is 10.0. The molecular weight excluding hydrogens is 196 g/mol. The lowest BCUT2D eigenvalue weighted by molar-refractivity contribution is 0.426. The molecule has 0 atom stereocenters. The predicted molar refractivity (Wildman–Crippen MR) is 68.1 cm³/mol. The molecule has 0 aromatic heterocycles. The summed E-state index contributed by atoms with van der Waals surface area (Å²) in [4.78, 5) is 2.24. The highest BCUT2D eigenvalue weighted by atomic mass is 15.2. The topological polar surface area (TPSA) is 27.1 Å². The number of rotatable bonds is 2. The SMILES string of the molecule is CCCC(=N)N1CCc2ccccc2CC1. The summed E-state index contributed by atoms with van der Waals surface area (Å²) < 4.78 is 0. The number of benzene rings is 1. The Kier molecular flexibility index (Phi) is 3.60. The fraction of sp³-hybridized carbons (Fsp3) is 0.500. The molecule has 0 amide bonds. The number of fused-ring (bicyclic) bond motifs is 1. The van der Waals surface area contributed by atoms with Gasteiger partial charge in [0.1, 0.15) is 0 Å². The average molecular weight is 216 g/mol. The first-order chi connectivity index (χ1) is 7.81. The third-order valence-corrected chi connectivity index (χ3v) is 3.29. The first-order valence-electron chi connectivity index (χ1n) is 6.20. The van der Waals surface area contributed by atoms with Gasteiger partial charge in [0.05, 0.1) is 5.84 Å². The number of nitrogens with one attached hydrogen (secondary N) is 1. The second-order valence-electron chi connectivity index (χ2n) is 4.45. The van der Waals surface area contributed by atoms with E-state index in [0.29, 0.717) is 0 Å². The second-order valence-corrected chi connectivity index (χ2v) is 4.45. The molecule has 1 aliphatic rings. The number of nitrogens with zero attached hydrogens (tertiary/aromatic N) is 1. The van der Waals surface area contributed by atoms with Crippen molar-refractivity contribution in [2.75, 3.05) is 13.1 Å². The van der Waals surface area contributed by atoms with E-state index in [-0.39, 0.29) is 0 Å². The van der Waals surface area contributed by atoms with E-state index in [1.807, 2.05) is 0 Å². The smallest absolute Gasteiger partial charge is 0.0957 e. The van der Waals surface area contributed by atoms with Crippen LogP contribution < -0.4 is 0 Å². The Bertz CT molecular complexity index is 344. The molecule has 1 heterocycles. The lowest BCUT2D eigenvalue weighted by Crippen LogP contribution is -2.32. The van der Waals surface area contributed by atoms with Crippen molar-refractivity contribution in [3.05, 3.63) is 35.4 Å². The van der Waals surface area contributed by atoms with Crippen LogP contribution in [0, 0.1) is 5.41 Å². The van der Waals surface area contributed by atoms with E-state index in [9.17, 15) is 0 Å². The van der Waals surface area contributed by atoms with E-state index in [0.717, 1.165) is 44.6 Å². The summed E-state index contributed by atoms with van der Waals surface area (Å²) in [6.07, 6.45) is 4.16. The van der Waals surface area contributed by atoms with Crippen molar-refractivity contribution in [2.45, 2.75) is 32.6 Å². The van der Waals surface area contributed by atoms with Crippen LogP contribution in [0.4, 0.5) is 0 Å². The minimum Gasteiger partial charge on any atom is -0.360 e. The van der Waals surface area contributed by atoms with Gasteiger partial charge in [-0.25, -0.2) is 0 Å². The summed E-state index contributed by atoms with van der Waals surface area (Å²) in [6, 6.07) is 8.68. The monoisotopic (exact) mass is 216 g/mol. The number of hydrogen-bond acceptors (Lipinski definition) is 1. The van der Waals surface area contributed by atoms with Crippen molar-refractivity contribution in [3.8, 4) is 0 Å². The van der Waals surface area contributed by atoms with E-state index in [2.05, 4.69) is 36.1 Å². The maximum absolute atomic E-state index is 8.01. The average Bonchev–Trinajstić information content (AvgIpc) is 2.51. The van der Waals surface area contributed by atoms with E-state index < -0.39 is 0 Å². The molecule has 1 N–H and O–H groups in total. The maximum Gasteiger partial charge on any atom is 0.0957 e. The standard InChI is InChI=1S/C14H20N2/c1-2-5-14(15)16-10-8-12-6-3-4-7-13(12)9-11-16/h3-4,6-7,15H,2,5,8-11H2,1H3. The van der Waals surface area contributed by atoms with Gasteiger partial charge in [-0.05, 0) is 30.4 Å². The molecule has 0 unspecified atom stereocenters. The van der Waals surface area contributed by atoms with E-state index in [1.165, 1.54) is 11.1 Å². The molecule has 0 spiro atoms. The van der Waals surface area contributed by atoms with Gasteiger partial charge in [0.2, 0.25) is 0 Å². The zero-order valence-corrected chi connectivity index (χ0v) is 10.00. The molecular formula is C14H20N2. The summed E-state index contributed by atoms with van der Waals surface area (Å²) in [5, 5.41) is 8.01. The van der Waals surface area contributed by atoms with E-state index in [1.54, 1.807) is 0 Å². The van der Waals surface area contributed by atoms with Crippen LogP contribution in [0.3, 0.4) is 0 Å². The molecule has 0 saturated carbocycles. The Balaban J connectivity index is 2.04. The summed E-state index contributed by atoms with van der Waals surface area (Å²) in [7, 11) is 0.